The Balaban J connectivity index is 1.29. The molecule has 1 aromatic carbocycles. The van der Waals surface area contributed by atoms with Gasteiger partial charge in [-0.05, 0) is 55.7 Å². The second-order valence-electron chi connectivity index (χ2n) is 8.05. The molecule has 3 aromatic rings. The zero-order chi connectivity index (χ0) is 23.5. The third-order valence-corrected chi connectivity index (χ3v) is 6.39. The number of ketones is 1. The highest BCUT2D eigenvalue weighted by Crippen LogP contribution is 2.17. The SMILES string of the molecule is COc1ccc(C(=O)CCCCCCCSc2ncc(Cc3ccc(C)nc3)c(=O)[nH]2)cc1. The lowest BCUT2D eigenvalue weighted by Gasteiger charge is -2.05. The summed E-state index contributed by atoms with van der Waals surface area (Å²) in [4.78, 5) is 36.1. The number of carbonyl (C=O) groups excluding carboxylic acids is 1. The fourth-order valence-corrected chi connectivity index (χ4v) is 4.27. The van der Waals surface area contributed by atoms with Crippen LogP contribution in [-0.4, -0.2) is 33.6 Å². The number of aromatic amines is 1. The Labute approximate surface area is 199 Å². The van der Waals surface area contributed by atoms with Crippen molar-refractivity contribution >= 4 is 17.5 Å². The van der Waals surface area contributed by atoms with Gasteiger partial charge >= 0.3 is 0 Å². The minimum absolute atomic E-state index is 0.0883. The number of nitrogens with one attached hydrogen (secondary N) is 1. The van der Waals surface area contributed by atoms with Crippen LogP contribution in [0.3, 0.4) is 0 Å². The molecule has 0 saturated carbocycles. The molecule has 7 heteroatoms. The van der Waals surface area contributed by atoms with E-state index in [1.165, 1.54) is 0 Å². The molecule has 0 bridgehead atoms. The predicted octanol–water partition coefficient (Wildman–Crippen LogP) is 5.39. The molecule has 0 saturated heterocycles. The molecule has 2 heterocycles. The van der Waals surface area contributed by atoms with Crippen molar-refractivity contribution in [3.8, 4) is 5.75 Å². The Hall–Kier alpha value is -2.93. The number of aryl methyl sites for hydroxylation is 1. The average molecular weight is 466 g/mol. The summed E-state index contributed by atoms with van der Waals surface area (Å²) in [5.41, 5.74) is 3.26. The van der Waals surface area contributed by atoms with Crippen LogP contribution in [0.5, 0.6) is 5.75 Å². The lowest BCUT2D eigenvalue weighted by molar-refractivity contribution is 0.0979. The third-order valence-electron chi connectivity index (χ3n) is 5.42. The van der Waals surface area contributed by atoms with Crippen molar-refractivity contribution < 1.29 is 9.53 Å². The zero-order valence-electron chi connectivity index (χ0n) is 19.3. The standard InChI is InChI=1S/C26H31N3O3S/c1-19-9-10-20(17-27-19)16-22-18-28-26(29-25(22)31)33-15-7-5-3-4-6-8-24(30)21-11-13-23(32-2)14-12-21/h9-14,17-18H,3-8,15-16H2,1-2H3,(H,28,29,31). The van der Waals surface area contributed by atoms with Gasteiger partial charge in [-0.15, -0.1) is 0 Å². The van der Waals surface area contributed by atoms with E-state index >= 15 is 0 Å². The van der Waals surface area contributed by atoms with Crippen molar-refractivity contribution in [2.24, 2.45) is 0 Å². The van der Waals surface area contributed by atoms with E-state index in [0.29, 0.717) is 23.6 Å². The number of carbonyl (C=O) groups is 1. The second-order valence-corrected chi connectivity index (χ2v) is 9.13. The van der Waals surface area contributed by atoms with Gasteiger partial charge in [-0.25, -0.2) is 4.98 Å². The van der Waals surface area contributed by atoms with Crippen molar-refractivity contribution in [1.29, 1.82) is 0 Å². The van der Waals surface area contributed by atoms with E-state index in [2.05, 4.69) is 15.0 Å². The number of hydrogen-bond acceptors (Lipinski definition) is 6. The number of aromatic nitrogens is 3. The first-order valence-corrected chi connectivity index (χ1v) is 12.3. The summed E-state index contributed by atoms with van der Waals surface area (Å²) < 4.78 is 5.12. The van der Waals surface area contributed by atoms with Gasteiger partial charge in [0.2, 0.25) is 0 Å². The van der Waals surface area contributed by atoms with Crippen LogP contribution in [0.1, 0.15) is 65.7 Å². The van der Waals surface area contributed by atoms with Crippen LogP contribution in [0, 0.1) is 6.92 Å². The van der Waals surface area contributed by atoms with E-state index in [1.807, 2.05) is 43.3 Å². The number of unbranched alkanes of at least 4 members (excludes halogenated alkanes) is 4. The topological polar surface area (TPSA) is 84.9 Å². The first-order chi connectivity index (χ1) is 16.0. The molecule has 0 aliphatic rings. The molecule has 33 heavy (non-hydrogen) atoms. The maximum Gasteiger partial charge on any atom is 0.255 e. The first-order valence-electron chi connectivity index (χ1n) is 11.3. The molecule has 0 atom stereocenters. The number of hydrogen-bond donors (Lipinski definition) is 1. The van der Waals surface area contributed by atoms with Crippen LogP contribution in [0.15, 0.2) is 58.7 Å². The molecule has 1 N–H and O–H groups in total. The third kappa shape index (κ3) is 8.17. The molecular formula is C26H31N3O3S. The van der Waals surface area contributed by atoms with E-state index < -0.39 is 0 Å². The van der Waals surface area contributed by atoms with Crippen LogP contribution in [0.2, 0.25) is 0 Å². The summed E-state index contributed by atoms with van der Waals surface area (Å²) in [5.74, 6) is 1.86. The highest BCUT2D eigenvalue weighted by molar-refractivity contribution is 7.99. The monoisotopic (exact) mass is 465 g/mol. The molecule has 0 aliphatic heterocycles. The second kappa shape index (κ2) is 12.9. The Morgan fingerprint density at radius 3 is 2.42 bits per heavy atom. The predicted molar refractivity (Wildman–Crippen MR) is 132 cm³/mol. The highest BCUT2D eigenvalue weighted by atomic mass is 32.2. The molecule has 174 valence electrons. The van der Waals surface area contributed by atoms with Crippen molar-refractivity contribution in [2.75, 3.05) is 12.9 Å². The fraction of sp³-hybridized carbons (Fsp3) is 0.385. The molecule has 2 aromatic heterocycles. The largest absolute Gasteiger partial charge is 0.497 e. The molecular weight excluding hydrogens is 434 g/mol. The number of methoxy groups -OCH3 is 1. The van der Waals surface area contributed by atoms with Crippen molar-refractivity contribution in [3.63, 3.8) is 0 Å². The number of pyridine rings is 1. The van der Waals surface area contributed by atoms with E-state index in [1.54, 1.807) is 31.3 Å². The summed E-state index contributed by atoms with van der Waals surface area (Å²) in [7, 11) is 1.62. The Morgan fingerprint density at radius 1 is 0.970 bits per heavy atom. The number of Topliss-reactive ketones (excluding diaryl/α,β-unsaturated/α-hetero) is 1. The summed E-state index contributed by atoms with van der Waals surface area (Å²) in [5, 5.41) is 0.663. The molecule has 0 spiro atoms. The van der Waals surface area contributed by atoms with Gasteiger partial charge in [0.15, 0.2) is 10.9 Å². The van der Waals surface area contributed by atoms with E-state index in [9.17, 15) is 9.59 Å². The number of nitrogens with zero attached hydrogens (tertiary/aromatic N) is 2. The van der Waals surface area contributed by atoms with E-state index in [4.69, 9.17) is 4.74 Å². The minimum Gasteiger partial charge on any atom is -0.497 e. The van der Waals surface area contributed by atoms with Gasteiger partial charge in [-0.1, -0.05) is 37.1 Å². The number of rotatable bonds is 13. The molecule has 0 aliphatic carbocycles. The summed E-state index contributed by atoms with van der Waals surface area (Å²) in [6.45, 7) is 1.94. The van der Waals surface area contributed by atoms with E-state index in [0.717, 1.165) is 60.4 Å². The fourth-order valence-electron chi connectivity index (χ4n) is 3.44. The van der Waals surface area contributed by atoms with Gasteiger partial charge in [0.25, 0.3) is 5.56 Å². The van der Waals surface area contributed by atoms with Crippen LogP contribution in [0.25, 0.3) is 0 Å². The maximum atomic E-state index is 12.3. The Kier molecular flexibility index (Phi) is 9.69. The van der Waals surface area contributed by atoms with Crippen LogP contribution in [-0.2, 0) is 6.42 Å². The maximum absolute atomic E-state index is 12.3. The summed E-state index contributed by atoms with van der Waals surface area (Å²) in [6, 6.07) is 11.2. The highest BCUT2D eigenvalue weighted by Gasteiger charge is 2.07. The van der Waals surface area contributed by atoms with Crippen LogP contribution < -0.4 is 10.3 Å². The lowest BCUT2D eigenvalue weighted by Crippen LogP contribution is -2.14. The van der Waals surface area contributed by atoms with Gasteiger partial charge in [0.05, 0.1) is 7.11 Å². The van der Waals surface area contributed by atoms with Gasteiger partial charge in [0.1, 0.15) is 5.75 Å². The molecule has 0 radical (unpaired) electrons. The summed E-state index contributed by atoms with van der Waals surface area (Å²) >= 11 is 1.58. The van der Waals surface area contributed by atoms with Crippen molar-refractivity contribution in [2.45, 2.75) is 57.0 Å². The van der Waals surface area contributed by atoms with Crippen molar-refractivity contribution in [3.05, 3.63) is 81.5 Å². The minimum atomic E-state index is -0.0883. The smallest absolute Gasteiger partial charge is 0.255 e. The lowest BCUT2D eigenvalue weighted by atomic mass is 10.0. The number of ether oxygens (including phenoxy) is 1. The summed E-state index contributed by atoms with van der Waals surface area (Å²) in [6.07, 6.45) is 9.79. The van der Waals surface area contributed by atoms with Gasteiger partial charge in [-0.2, -0.15) is 0 Å². The average Bonchev–Trinajstić information content (AvgIpc) is 2.83. The quantitative estimate of drug-likeness (QED) is 0.158. The Bertz CT molecular complexity index is 1080. The molecule has 0 amide bonds. The first kappa shape index (κ1) is 24.7. The normalized spacial score (nSPS) is 10.8. The molecule has 6 nitrogen and oxygen atoms in total. The Morgan fingerprint density at radius 2 is 1.73 bits per heavy atom. The zero-order valence-corrected chi connectivity index (χ0v) is 20.1. The van der Waals surface area contributed by atoms with Gasteiger partial charge < -0.3 is 9.72 Å². The van der Waals surface area contributed by atoms with Crippen LogP contribution >= 0.6 is 11.8 Å². The van der Waals surface area contributed by atoms with Gasteiger partial charge in [0, 0.05) is 47.8 Å². The number of benzene rings is 1. The van der Waals surface area contributed by atoms with Crippen molar-refractivity contribution in [1.82, 2.24) is 15.0 Å². The molecule has 0 unspecified atom stereocenters. The molecule has 0 fully saturated rings. The number of thioether (sulfide) groups is 1. The van der Waals surface area contributed by atoms with E-state index in [-0.39, 0.29) is 11.3 Å². The molecule has 3 rings (SSSR count). The number of H-pyrrole nitrogens is 1. The van der Waals surface area contributed by atoms with Crippen LogP contribution in [0.4, 0.5) is 0 Å². The van der Waals surface area contributed by atoms with Gasteiger partial charge in [-0.3, -0.25) is 14.6 Å².